The lowest BCUT2D eigenvalue weighted by molar-refractivity contribution is -0.127. The van der Waals surface area contributed by atoms with Gasteiger partial charge in [-0.1, -0.05) is 25.3 Å². The van der Waals surface area contributed by atoms with Gasteiger partial charge in [0.1, 0.15) is 5.82 Å². The predicted molar refractivity (Wildman–Crippen MR) is 76.0 cm³/mol. The van der Waals surface area contributed by atoms with Crippen LogP contribution in [-0.4, -0.2) is 11.4 Å². The molecule has 0 saturated heterocycles. The van der Waals surface area contributed by atoms with Crippen LogP contribution in [0.5, 0.6) is 0 Å². The number of hydrogen-bond acceptors (Lipinski definition) is 2. The highest BCUT2D eigenvalue weighted by Gasteiger charge is 2.34. The zero-order valence-electron chi connectivity index (χ0n) is 10.7. The summed E-state index contributed by atoms with van der Waals surface area (Å²) < 4.78 is 13.8. The summed E-state index contributed by atoms with van der Waals surface area (Å²) in [6, 6.07) is 4.82. The van der Waals surface area contributed by atoms with E-state index >= 15 is 0 Å². The van der Waals surface area contributed by atoms with E-state index in [1.54, 1.807) is 12.1 Å². The van der Waals surface area contributed by atoms with Crippen molar-refractivity contribution in [1.82, 2.24) is 5.32 Å². The van der Waals surface area contributed by atoms with Gasteiger partial charge >= 0.3 is 0 Å². The average molecular weight is 329 g/mol. The lowest BCUT2D eigenvalue weighted by atomic mass is 9.82. The standard InChI is InChI=1S/C14H18BrFN2O/c15-11-5-4-10(8-12(11)16)9-18-13(19)14(17)6-2-1-3-7-14/h4-5,8H,1-3,6-7,9,17H2,(H,18,19). The molecule has 0 bridgehead atoms. The van der Waals surface area contributed by atoms with Gasteiger partial charge in [0, 0.05) is 6.54 Å². The van der Waals surface area contributed by atoms with Crippen molar-refractivity contribution < 1.29 is 9.18 Å². The van der Waals surface area contributed by atoms with Gasteiger partial charge in [-0.2, -0.15) is 0 Å². The van der Waals surface area contributed by atoms with E-state index in [9.17, 15) is 9.18 Å². The van der Waals surface area contributed by atoms with Crippen LogP contribution in [0.4, 0.5) is 4.39 Å². The Labute approximate surface area is 120 Å². The minimum Gasteiger partial charge on any atom is -0.350 e. The summed E-state index contributed by atoms with van der Waals surface area (Å²) in [6.45, 7) is 0.308. The number of nitrogens with two attached hydrogens (primary N) is 1. The lowest BCUT2D eigenvalue weighted by Gasteiger charge is -2.31. The molecule has 0 radical (unpaired) electrons. The van der Waals surface area contributed by atoms with Crippen LogP contribution in [0.3, 0.4) is 0 Å². The Morgan fingerprint density at radius 2 is 2.05 bits per heavy atom. The fourth-order valence-corrected chi connectivity index (χ4v) is 2.66. The van der Waals surface area contributed by atoms with Crippen molar-refractivity contribution in [2.75, 3.05) is 0 Å². The van der Waals surface area contributed by atoms with Crippen LogP contribution < -0.4 is 11.1 Å². The number of benzene rings is 1. The predicted octanol–water partition coefficient (Wildman–Crippen LogP) is 2.87. The molecule has 1 aliphatic carbocycles. The third-order valence-corrected chi connectivity index (χ3v) is 4.28. The molecule has 1 fully saturated rings. The average Bonchev–Trinajstić information content (AvgIpc) is 2.40. The van der Waals surface area contributed by atoms with Crippen molar-refractivity contribution >= 4 is 21.8 Å². The summed E-state index contributed by atoms with van der Waals surface area (Å²) in [4.78, 5) is 12.1. The van der Waals surface area contributed by atoms with Gasteiger partial charge in [0.15, 0.2) is 0 Å². The van der Waals surface area contributed by atoms with Crippen LogP contribution in [0.2, 0.25) is 0 Å². The summed E-state index contributed by atoms with van der Waals surface area (Å²) in [5.74, 6) is -0.456. The highest BCUT2D eigenvalue weighted by Crippen LogP contribution is 2.26. The molecule has 0 heterocycles. The molecule has 2 rings (SSSR count). The van der Waals surface area contributed by atoms with Gasteiger partial charge < -0.3 is 11.1 Å². The Hall–Kier alpha value is -0.940. The molecule has 0 unspecified atom stereocenters. The quantitative estimate of drug-likeness (QED) is 0.896. The van der Waals surface area contributed by atoms with Gasteiger partial charge in [0.2, 0.25) is 5.91 Å². The smallest absolute Gasteiger partial charge is 0.240 e. The molecular formula is C14H18BrFN2O. The third-order valence-electron chi connectivity index (χ3n) is 3.64. The second-order valence-electron chi connectivity index (χ2n) is 5.15. The molecule has 1 amide bonds. The Morgan fingerprint density at radius 3 is 2.68 bits per heavy atom. The number of carbonyl (C=O) groups excluding carboxylic acids is 1. The monoisotopic (exact) mass is 328 g/mol. The first-order valence-corrected chi connectivity index (χ1v) is 7.32. The second-order valence-corrected chi connectivity index (χ2v) is 6.00. The van der Waals surface area contributed by atoms with Crippen LogP contribution in [0.25, 0.3) is 0 Å². The van der Waals surface area contributed by atoms with Gasteiger partial charge in [-0.3, -0.25) is 4.79 Å². The van der Waals surface area contributed by atoms with Gasteiger partial charge in [-0.25, -0.2) is 4.39 Å². The van der Waals surface area contributed by atoms with E-state index in [4.69, 9.17) is 5.73 Å². The minimum atomic E-state index is -0.744. The van der Waals surface area contributed by atoms with E-state index < -0.39 is 5.54 Å². The lowest BCUT2D eigenvalue weighted by Crippen LogP contribution is -2.54. The van der Waals surface area contributed by atoms with Gasteiger partial charge in [-0.15, -0.1) is 0 Å². The molecule has 3 nitrogen and oxygen atoms in total. The largest absolute Gasteiger partial charge is 0.350 e. The molecule has 5 heteroatoms. The molecule has 1 aliphatic rings. The molecular weight excluding hydrogens is 311 g/mol. The summed E-state index contributed by atoms with van der Waals surface area (Å²) in [5, 5.41) is 2.81. The maximum absolute atomic E-state index is 13.3. The van der Waals surface area contributed by atoms with Crippen LogP contribution in [-0.2, 0) is 11.3 Å². The van der Waals surface area contributed by atoms with Crippen LogP contribution >= 0.6 is 15.9 Å². The van der Waals surface area contributed by atoms with Crippen molar-refractivity contribution in [3.8, 4) is 0 Å². The van der Waals surface area contributed by atoms with E-state index in [0.717, 1.165) is 37.7 Å². The molecule has 104 valence electrons. The molecule has 19 heavy (non-hydrogen) atoms. The Kier molecular flexibility index (Phi) is 4.58. The Balaban J connectivity index is 1.94. The first-order valence-electron chi connectivity index (χ1n) is 6.52. The number of halogens is 2. The number of nitrogens with one attached hydrogen (secondary N) is 1. The zero-order valence-corrected chi connectivity index (χ0v) is 12.3. The topological polar surface area (TPSA) is 55.1 Å². The summed E-state index contributed by atoms with van der Waals surface area (Å²) in [6.07, 6.45) is 4.60. The summed E-state index contributed by atoms with van der Waals surface area (Å²) in [5.41, 5.74) is 6.11. The fourth-order valence-electron chi connectivity index (χ4n) is 2.42. The zero-order chi connectivity index (χ0) is 13.9. The van der Waals surface area contributed by atoms with E-state index in [1.807, 2.05) is 0 Å². The van der Waals surface area contributed by atoms with Crippen LogP contribution in [0.15, 0.2) is 22.7 Å². The molecule has 1 aromatic carbocycles. The number of carbonyl (C=O) groups is 1. The molecule has 0 spiro atoms. The first kappa shape index (κ1) is 14.5. The van der Waals surface area contributed by atoms with Gasteiger partial charge in [-0.05, 0) is 46.5 Å². The molecule has 0 aliphatic heterocycles. The van der Waals surface area contributed by atoms with Crippen molar-refractivity contribution in [3.05, 3.63) is 34.1 Å². The maximum Gasteiger partial charge on any atom is 0.240 e. The molecule has 1 aromatic rings. The van der Waals surface area contributed by atoms with Crippen molar-refractivity contribution in [1.29, 1.82) is 0 Å². The van der Waals surface area contributed by atoms with Crippen molar-refractivity contribution in [2.24, 2.45) is 5.73 Å². The second kappa shape index (κ2) is 6.01. The molecule has 1 saturated carbocycles. The van der Waals surface area contributed by atoms with E-state index in [-0.39, 0.29) is 11.7 Å². The van der Waals surface area contributed by atoms with Crippen LogP contribution in [0, 0.1) is 5.82 Å². The molecule has 3 N–H and O–H groups in total. The Morgan fingerprint density at radius 1 is 1.37 bits per heavy atom. The highest BCUT2D eigenvalue weighted by molar-refractivity contribution is 9.10. The summed E-state index contributed by atoms with van der Waals surface area (Å²) in [7, 11) is 0. The van der Waals surface area contributed by atoms with Crippen LogP contribution in [0.1, 0.15) is 37.7 Å². The van der Waals surface area contributed by atoms with Crippen molar-refractivity contribution in [2.45, 2.75) is 44.2 Å². The van der Waals surface area contributed by atoms with E-state index in [0.29, 0.717) is 11.0 Å². The number of hydrogen-bond donors (Lipinski definition) is 2. The fraction of sp³-hybridized carbons (Fsp3) is 0.500. The number of rotatable bonds is 3. The van der Waals surface area contributed by atoms with Gasteiger partial charge in [0.05, 0.1) is 10.0 Å². The van der Waals surface area contributed by atoms with E-state index in [1.165, 1.54) is 6.07 Å². The molecule has 0 atom stereocenters. The molecule has 0 aromatic heterocycles. The summed E-state index contributed by atoms with van der Waals surface area (Å²) >= 11 is 3.10. The highest BCUT2D eigenvalue weighted by atomic mass is 79.9. The minimum absolute atomic E-state index is 0.129. The number of amides is 1. The first-order chi connectivity index (χ1) is 9.01. The van der Waals surface area contributed by atoms with Gasteiger partial charge in [0.25, 0.3) is 0 Å². The maximum atomic E-state index is 13.3. The van der Waals surface area contributed by atoms with Crippen molar-refractivity contribution in [3.63, 3.8) is 0 Å². The Bertz CT molecular complexity index is 473. The van der Waals surface area contributed by atoms with E-state index in [2.05, 4.69) is 21.2 Å². The normalized spacial score (nSPS) is 18.1. The third kappa shape index (κ3) is 3.54. The SMILES string of the molecule is NC1(C(=O)NCc2ccc(Br)c(F)c2)CCCCC1.